The monoisotopic (exact) mass is 311 g/mol. The summed E-state index contributed by atoms with van der Waals surface area (Å²) in [4.78, 5) is 22.1. The molecule has 7 heteroatoms. The van der Waals surface area contributed by atoms with E-state index in [0.717, 1.165) is 0 Å². The number of benzene rings is 1. The van der Waals surface area contributed by atoms with Gasteiger partial charge in [0.2, 0.25) is 0 Å². The highest BCUT2D eigenvalue weighted by atomic mass is 16.6. The maximum absolute atomic E-state index is 11.7. The molecule has 22 heavy (non-hydrogen) atoms. The highest BCUT2D eigenvalue weighted by Crippen LogP contribution is 2.18. The Labute approximate surface area is 128 Å². The van der Waals surface area contributed by atoms with Crippen molar-refractivity contribution in [2.24, 2.45) is 0 Å². The van der Waals surface area contributed by atoms with Gasteiger partial charge in [-0.05, 0) is 38.5 Å². The predicted octanol–water partition coefficient (Wildman–Crippen LogP) is 1.71. The summed E-state index contributed by atoms with van der Waals surface area (Å²) >= 11 is 0. The van der Waals surface area contributed by atoms with E-state index in [1.165, 1.54) is 0 Å². The van der Waals surface area contributed by atoms with Crippen LogP contribution in [0.2, 0.25) is 0 Å². The average molecular weight is 311 g/mol. The Morgan fingerprint density at radius 1 is 1.23 bits per heavy atom. The number of carboxylic acid groups (broad SMARTS) is 1. The first-order valence-corrected chi connectivity index (χ1v) is 6.76. The minimum Gasteiger partial charge on any atom is -0.482 e. The van der Waals surface area contributed by atoms with Crippen LogP contribution in [-0.2, 0) is 9.53 Å². The Morgan fingerprint density at radius 2 is 1.82 bits per heavy atom. The van der Waals surface area contributed by atoms with Crippen LogP contribution in [0.3, 0.4) is 0 Å². The van der Waals surface area contributed by atoms with Gasteiger partial charge in [-0.2, -0.15) is 0 Å². The van der Waals surface area contributed by atoms with Crippen LogP contribution in [0.4, 0.5) is 4.79 Å². The second-order valence-corrected chi connectivity index (χ2v) is 5.63. The van der Waals surface area contributed by atoms with Gasteiger partial charge in [0.15, 0.2) is 6.61 Å². The Morgan fingerprint density at radius 3 is 2.27 bits per heavy atom. The molecule has 0 aliphatic heterocycles. The first kappa shape index (κ1) is 17.8. The Kier molecular flexibility index (Phi) is 6.18. The van der Waals surface area contributed by atoms with Gasteiger partial charge in [-0.1, -0.05) is 12.1 Å². The minimum atomic E-state index is -1.07. The smallest absolute Gasteiger partial charge is 0.408 e. The lowest BCUT2D eigenvalue weighted by Gasteiger charge is -2.23. The second kappa shape index (κ2) is 7.65. The summed E-state index contributed by atoms with van der Waals surface area (Å²) in [6, 6.07) is 5.78. The molecule has 0 aromatic heterocycles. The zero-order valence-corrected chi connectivity index (χ0v) is 12.8. The highest BCUT2D eigenvalue weighted by molar-refractivity contribution is 5.69. The number of carboxylic acids is 1. The molecule has 1 amide bonds. The third kappa shape index (κ3) is 6.45. The predicted molar refractivity (Wildman–Crippen MR) is 78.8 cm³/mol. The Hall–Kier alpha value is -2.28. The van der Waals surface area contributed by atoms with Crippen LogP contribution < -0.4 is 10.1 Å². The molecule has 0 spiro atoms. The quantitative estimate of drug-likeness (QED) is 0.738. The van der Waals surface area contributed by atoms with Crippen molar-refractivity contribution in [1.82, 2.24) is 5.32 Å². The molecule has 0 bridgehead atoms. The van der Waals surface area contributed by atoms with E-state index in [2.05, 4.69) is 5.32 Å². The van der Waals surface area contributed by atoms with E-state index in [-0.39, 0.29) is 6.61 Å². The van der Waals surface area contributed by atoms with E-state index in [1.54, 1.807) is 45.0 Å². The maximum Gasteiger partial charge on any atom is 0.408 e. The van der Waals surface area contributed by atoms with Crippen LogP contribution >= 0.6 is 0 Å². The first-order valence-electron chi connectivity index (χ1n) is 6.76. The number of nitrogens with one attached hydrogen (secondary N) is 1. The van der Waals surface area contributed by atoms with Gasteiger partial charge >= 0.3 is 12.1 Å². The van der Waals surface area contributed by atoms with Crippen molar-refractivity contribution >= 4 is 12.1 Å². The fourth-order valence-electron chi connectivity index (χ4n) is 1.63. The van der Waals surface area contributed by atoms with E-state index in [0.29, 0.717) is 11.3 Å². The molecule has 0 fully saturated rings. The largest absolute Gasteiger partial charge is 0.482 e. The number of ether oxygens (including phenoxy) is 2. The SMILES string of the molecule is CC(C)(C)OC(=O)NC(CO)c1ccc(OCC(=O)O)cc1. The van der Waals surface area contributed by atoms with Crippen molar-refractivity contribution in [3.8, 4) is 5.75 Å². The third-order valence-corrected chi connectivity index (χ3v) is 2.52. The van der Waals surface area contributed by atoms with Crippen molar-refractivity contribution in [2.75, 3.05) is 13.2 Å². The minimum absolute atomic E-state index is 0.297. The molecular weight excluding hydrogens is 290 g/mol. The number of aliphatic hydroxyl groups excluding tert-OH is 1. The zero-order chi connectivity index (χ0) is 16.8. The Balaban J connectivity index is 2.66. The number of carbonyl (C=O) groups excluding carboxylic acids is 1. The standard InChI is InChI=1S/C15H21NO6/c1-15(2,3)22-14(20)16-12(8-17)10-4-6-11(7-5-10)21-9-13(18)19/h4-7,12,17H,8-9H2,1-3H3,(H,16,20)(H,18,19). The number of amides is 1. The highest BCUT2D eigenvalue weighted by Gasteiger charge is 2.20. The molecule has 0 saturated carbocycles. The van der Waals surface area contributed by atoms with Crippen molar-refractivity contribution in [1.29, 1.82) is 0 Å². The first-order chi connectivity index (χ1) is 10.2. The number of rotatable bonds is 6. The van der Waals surface area contributed by atoms with Crippen LogP contribution in [0.5, 0.6) is 5.75 Å². The van der Waals surface area contributed by atoms with E-state index >= 15 is 0 Å². The molecular formula is C15H21NO6. The summed E-state index contributed by atoms with van der Waals surface area (Å²) in [7, 11) is 0. The number of aliphatic hydroxyl groups is 1. The van der Waals surface area contributed by atoms with E-state index in [1.807, 2.05) is 0 Å². The molecule has 0 heterocycles. The second-order valence-electron chi connectivity index (χ2n) is 5.63. The molecule has 1 rings (SSSR count). The molecule has 0 aliphatic carbocycles. The van der Waals surface area contributed by atoms with Crippen LogP contribution in [-0.4, -0.2) is 41.1 Å². The van der Waals surface area contributed by atoms with Gasteiger partial charge in [0, 0.05) is 0 Å². The molecule has 7 nitrogen and oxygen atoms in total. The number of aliphatic carboxylic acids is 1. The van der Waals surface area contributed by atoms with E-state index in [9.17, 15) is 14.7 Å². The van der Waals surface area contributed by atoms with Gasteiger partial charge < -0.3 is 25.0 Å². The van der Waals surface area contributed by atoms with Gasteiger partial charge in [-0.15, -0.1) is 0 Å². The van der Waals surface area contributed by atoms with E-state index in [4.69, 9.17) is 14.6 Å². The molecule has 3 N–H and O–H groups in total. The summed E-state index contributed by atoms with van der Waals surface area (Å²) in [6.45, 7) is 4.51. The molecule has 122 valence electrons. The van der Waals surface area contributed by atoms with E-state index < -0.39 is 30.3 Å². The third-order valence-electron chi connectivity index (χ3n) is 2.52. The molecule has 0 radical (unpaired) electrons. The zero-order valence-electron chi connectivity index (χ0n) is 12.8. The summed E-state index contributed by atoms with van der Waals surface area (Å²) in [5.74, 6) is -0.677. The van der Waals surface area contributed by atoms with Gasteiger partial charge in [-0.25, -0.2) is 9.59 Å². The normalized spacial score (nSPS) is 12.4. The van der Waals surface area contributed by atoms with Crippen LogP contribution in [0.1, 0.15) is 32.4 Å². The number of alkyl carbamates (subject to hydrolysis) is 1. The molecule has 1 unspecified atom stereocenters. The van der Waals surface area contributed by atoms with Crippen molar-refractivity contribution < 1.29 is 29.3 Å². The summed E-state index contributed by atoms with van der Waals surface area (Å²) < 4.78 is 10.1. The number of hydrogen-bond donors (Lipinski definition) is 3. The van der Waals surface area contributed by atoms with Gasteiger partial charge in [0.25, 0.3) is 0 Å². The summed E-state index contributed by atoms with van der Waals surface area (Å²) in [6.07, 6.45) is -0.627. The van der Waals surface area contributed by atoms with Crippen LogP contribution in [0.15, 0.2) is 24.3 Å². The Bertz CT molecular complexity index is 506. The lowest BCUT2D eigenvalue weighted by molar-refractivity contribution is -0.139. The fourth-order valence-corrected chi connectivity index (χ4v) is 1.63. The molecule has 1 aromatic rings. The molecule has 1 atom stereocenters. The average Bonchev–Trinajstić information content (AvgIpc) is 2.41. The fraction of sp³-hybridized carbons (Fsp3) is 0.467. The lowest BCUT2D eigenvalue weighted by atomic mass is 10.1. The van der Waals surface area contributed by atoms with Gasteiger partial charge in [0.1, 0.15) is 11.4 Å². The number of hydrogen-bond acceptors (Lipinski definition) is 5. The number of carbonyl (C=O) groups is 2. The molecule has 0 saturated heterocycles. The van der Waals surface area contributed by atoms with Crippen molar-refractivity contribution in [3.05, 3.63) is 29.8 Å². The maximum atomic E-state index is 11.7. The van der Waals surface area contributed by atoms with Gasteiger partial charge in [0.05, 0.1) is 12.6 Å². The summed E-state index contributed by atoms with van der Waals surface area (Å²) in [5, 5.41) is 20.5. The van der Waals surface area contributed by atoms with Crippen LogP contribution in [0.25, 0.3) is 0 Å². The molecule has 0 aliphatic rings. The summed E-state index contributed by atoms with van der Waals surface area (Å²) in [5.41, 5.74) is 0.0227. The van der Waals surface area contributed by atoms with Gasteiger partial charge in [-0.3, -0.25) is 0 Å². The van der Waals surface area contributed by atoms with Crippen molar-refractivity contribution in [2.45, 2.75) is 32.4 Å². The topological polar surface area (TPSA) is 105 Å². The van der Waals surface area contributed by atoms with Crippen LogP contribution in [0, 0.1) is 0 Å². The van der Waals surface area contributed by atoms with Crippen molar-refractivity contribution in [3.63, 3.8) is 0 Å². The lowest BCUT2D eigenvalue weighted by Crippen LogP contribution is -2.36. The molecule has 1 aromatic carbocycles.